The molecule has 3 aromatic rings. The second-order valence-electron chi connectivity index (χ2n) is 6.37. The SMILES string of the molecule is O=C(Nc1nc2c(s1)CN(C(=O)c1ccc3c(c1)OCO3)CC2)c1ccco1. The summed E-state index contributed by atoms with van der Waals surface area (Å²) in [6.07, 6.45) is 2.08. The smallest absolute Gasteiger partial charge is 0.293 e. The maximum atomic E-state index is 12.9. The van der Waals surface area contributed by atoms with E-state index in [0.717, 1.165) is 10.6 Å². The van der Waals surface area contributed by atoms with Crippen molar-refractivity contribution in [2.75, 3.05) is 18.7 Å². The highest BCUT2D eigenvalue weighted by molar-refractivity contribution is 7.15. The number of ether oxygens (including phenoxy) is 2. The van der Waals surface area contributed by atoms with Crippen molar-refractivity contribution >= 4 is 28.3 Å². The van der Waals surface area contributed by atoms with E-state index in [1.165, 1.54) is 17.6 Å². The highest BCUT2D eigenvalue weighted by Crippen LogP contribution is 2.34. The first-order valence-corrected chi connectivity index (χ1v) is 9.51. The Labute approximate surface area is 163 Å². The fraction of sp³-hybridized carbons (Fsp3) is 0.211. The maximum Gasteiger partial charge on any atom is 0.293 e. The van der Waals surface area contributed by atoms with Gasteiger partial charge in [-0.25, -0.2) is 4.98 Å². The van der Waals surface area contributed by atoms with Gasteiger partial charge in [0.1, 0.15) is 0 Å². The minimum Gasteiger partial charge on any atom is -0.459 e. The molecule has 8 nitrogen and oxygen atoms in total. The van der Waals surface area contributed by atoms with E-state index >= 15 is 0 Å². The van der Waals surface area contributed by atoms with Crippen LogP contribution in [-0.2, 0) is 13.0 Å². The Hall–Kier alpha value is -3.33. The summed E-state index contributed by atoms with van der Waals surface area (Å²) >= 11 is 1.37. The third-order valence-corrected chi connectivity index (χ3v) is 5.60. The van der Waals surface area contributed by atoms with Crippen LogP contribution in [0.4, 0.5) is 5.13 Å². The average Bonchev–Trinajstić information content (AvgIpc) is 3.45. The highest BCUT2D eigenvalue weighted by Gasteiger charge is 2.27. The largest absolute Gasteiger partial charge is 0.459 e. The molecular weight excluding hydrogens is 382 g/mol. The van der Waals surface area contributed by atoms with Gasteiger partial charge in [-0.2, -0.15) is 0 Å². The molecule has 4 heterocycles. The van der Waals surface area contributed by atoms with Crippen molar-refractivity contribution in [1.29, 1.82) is 0 Å². The van der Waals surface area contributed by atoms with Gasteiger partial charge >= 0.3 is 0 Å². The van der Waals surface area contributed by atoms with Gasteiger partial charge in [0.05, 0.1) is 18.5 Å². The number of benzene rings is 1. The number of hydrogen-bond acceptors (Lipinski definition) is 7. The van der Waals surface area contributed by atoms with Crippen LogP contribution in [0.5, 0.6) is 11.5 Å². The number of carbonyl (C=O) groups excluding carboxylic acids is 2. The van der Waals surface area contributed by atoms with Crippen LogP contribution >= 0.6 is 11.3 Å². The molecule has 1 N–H and O–H groups in total. The van der Waals surface area contributed by atoms with Crippen LogP contribution in [0.1, 0.15) is 31.5 Å². The molecule has 0 unspecified atom stereocenters. The molecule has 5 rings (SSSR count). The minimum absolute atomic E-state index is 0.0708. The van der Waals surface area contributed by atoms with E-state index in [1.54, 1.807) is 35.2 Å². The summed E-state index contributed by atoms with van der Waals surface area (Å²) < 4.78 is 15.7. The third-order valence-electron chi connectivity index (χ3n) is 4.60. The average molecular weight is 397 g/mol. The van der Waals surface area contributed by atoms with E-state index in [4.69, 9.17) is 13.9 Å². The van der Waals surface area contributed by atoms with E-state index in [-0.39, 0.29) is 24.4 Å². The molecule has 0 bridgehead atoms. The number of amides is 2. The molecule has 0 atom stereocenters. The molecule has 0 radical (unpaired) electrons. The zero-order valence-electron chi connectivity index (χ0n) is 14.6. The Morgan fingerprint density at radius 2 is 2.07 bits per heavy atom. The van der Waals surface area contributed by atoms with Crippen molar-refractivity contribution in [1.82, 2.24) is 9.88 Å². The summed E-state index contributed by atoms with van der Waals surface area (Å²) in [5.41, 5.74) is 1.47. The van der Waals surface area contributed by atoms with Gasteiger partial charge in [-0.15, -0.1) is 0 Å². The van der Waals surface area contributed by atoms with E-state index in [1.807, 2.05) is 0 Å². The second-order valence-corrected chi connectivity index (χ2v) is 7.45. The Balaban J connectivity index is 1.30. The molecule has 2 amide bonds. The fourth-order valence-electron chi connectivity index (χ4n) is 3.20. The number of carbonyl (C=O) groups is 2. The van der Waals surface area contributed by atoms with Crippen molar-refractivity contribution in [3.8, 4) is 11.5 Å². The van der Waals surface area contributed by atoms with Crippen LogP contribution in [0.15, 0.2) is 41.0 Å². The van der Waals surface area contributed by atoms with Crippen LogP contribution < -0.4 is 14.8 Å². The van der Waals surface area contributed by atoms with Gasteiger partial charge < -0.3 is 18.8 Å². The van der Waals surface area contributed by atoms with Crippen molar-refractivity contribution in [2.24, 2.45) is 0 Å². The molecule has 142 valence electrons. The predicted molar refractivity (Wildman–Crippen MR) is 99.8 cm³/mol. The van der Waals surface area contributed by atoms with Gasteiger partial charge in [-0.3, -0.25) is 14.9 Å². The van der Waals surface area contributed by atoms with Gasteiger partial charge in [-0.1, -0.05) is 11.3 Å². The molecular formula is C19H15N3O5S. The topological polar surface area (TPSA) is 93.9 Å². The first kappa shape index (κ1) is 16.8. The molecule has 1 aromatic carbocycles. The van der Waals surface area contributed by atoms with Crippen LogP contribution in [0.2, 0.25) is 0 Å². The van der Waals surface area contributed by atoms with Crippen molar-refractivity contribution in [3.63, 3.8) is 0 Å². The number of thiazole rings is 1. The zero-order valence-corrected chi connectivity index (χ0v) is 15.5. The molecule has 0 fully saturated rings. The van der Waals surface area contributed by atoms with Gasteiger partial charge in [0, 0.05) is 23.4 Å². The number of nitrogens with one attached hydrogen (secondary N) is 1. The van der Waals surface area contributed by atoms with Crippen LogP contribution in [0, 0.1) is 0 Å². The number of fused-ring (bicyclic) bond motifs is 2. The molecule has 0 saturated heterocycles. The summed E-state index contributed by atoms with van der Waals surface area (Å²) in [6, 6.07) is 8.45. The van der Waals surface area contributed by atoms with Gasteiger partial charge in [-0.05, 0) is 30.3 Å². The Kier molecular flexibility index (Phi) is 4.01. The molecule has 2 aliphatic rings. The molecule has 2 aliphatic heterocycles. The monoisotopic (exact) mass is 397 g/mol. The minimum atomic E-state index is -0.343. The standard InChI is InChI=1S/C19H15N3O5S/c23-17(14-2-1-7-25-14)21-19-20-12-5-6-22(9-16(12)28-19)18(24)11-3-4-13-15(8-11)27-10-26-13/h1-4,7-8H,5-6,9-10H2,(H,20,21,23). The molecule has 0 spiro atoms. The van der Waals surface area contributed by atoms with Crippen LogP contribution in [0.25, 0.3) is 0 Å². The third kappa shape index (κ3) is 2.99. The van der Waals surface area contributed by atoms with Gasteiger partial charge in [0.25, 0.3) is 11.8 Å². The van der Waals surface area contributed by atoms with Crippen molar-refractivity contribution in [3.05, 3.63) is 58.5 Å². The maximum absolute atomic E-state index is 12.9. The van der Waals surface area contributed by atoms with Gasteiger partial charge in [0.2, 0.25) is 6.79 Å². The normalized spacial score (nSPS) is 14.6. The summed E-state index contributed by atoms with van der Waals surface area (Å²) in [4.78, 5) is 32.2. The summed E-state index contributed by atoms with van der Waals surface area (Å²) in [6.45, 7) is 1.19. The molecule has 9 heteroatoms. The van der Waals surface area contributed by atoms with Crippen molar-refractivity contribution < 1.29 is 23.5 Å². The lowest BCUT2D eigenvalue weighted by molar-refractivity contribution is 0.0735. The number of hydrogen-bond donors (Lipinski definition) is 1. The second kappa shape index (κ2) is 6.68. The zero-order chi connectivity index (χ0) is 19.1. The van der Waals surface area contributed by atoms with Gasteiger partial charge in [0.15, 0.2) is 22.4 Å². The lowest BCUT2D eigenvalue weighted by Gasteiger charge is -2.26. The van der Waals surface area contributed by atoms with E-state index < -0.39 is 0 Å². The Morgan fingerprint density at radius 1 is 1.18 bits per heavy atom. The predicted octanol–water partition coefficient (Wildman–Crippen LogP) is 2.92. The molecule has 2 aromatic heterocycles. The number of rotatable bonds is 3. The number of aromatic nitrogens is 1. The first-order chi connectivity index (χ1) is 13.7. The molecule has 0 saturated carbocycles. The summed E-state index contributed by atoms with van der Waals surface area (Å²) in [5, 5.41) is 3.25. The quantitative estimate of drug-likeness (QED) is 0.730. The van der Waals surface area contributed by atoms with Crippen molar-refractivity contribution in [2.45, 2.75) is 13.0 Å². The lowest BCUT2D eigenvalue weighted by Crippen LogP contribution is -2.35. The highest BCUT2D eigenvalue weighted by atomic mass is 32.1. The van der Waals surface area contributed by atoms with Crippen LogP contribution in [0.3, 0.4) is 0 Å². The Bertz CT molecular complexity index is 1060. The number of anilines is 1. The molecule has 28 heavy (non-hydrogen) atoms. The lowest BCUT2D eigenvalue weighted by atomic mass is 10.1. The van der Waals surface area contributed by atoms with E-state index in [2.05, 4.69) is 10.3 Å². The molecule has 0 aliphatic carbocycles. The number of furan rings is 1. The summed E-state index contributed by atoms with van der Waals surface area (Å²) in [5.74, 6) is 1.05. The summed E-state index contributed by atoms with van der Waals surface area (Å²) in [7, 11) is 0. The first-order valence-electron chi connectivity index (χ1n) is 8.70. The van der Waals surface area contributed by atoms with Crippen LogP contribution in [-0.4, -0.2) is 35.0 Å². The Morgan fingerprint density at radius 3 is 2.93 bits per heavy atom. The number of nitrogens with zero attached hydrogens (tertiary/aromatic N) is 2. The fourth-order valence-corrected chi connectivity index (χ4v) is 4.22. The van der Waals surface area contributed by atoms with E-state index in [9.17, 15) is 9.59 Å². The van der Waals surface area contributed by atoms with E-state index in [0.29, 0.717) is 41.7 Å².